The zero-order valence-electron chi connectivity index (χ0n) is 9.95. The van der Waals surface area contributed by atoms with E-state index in [1.165, 1.54) is 12.1 Å². The number of hydrogen-bond acceptors (Lipinski definition) is 2. The molecule has 94 valence electrons. The molecule has 1 aromatic heterocycles. The molecule has 1 aliphatic rings. The predicted molar refractivity (Wildman–Crippen MR) is 65.2 cm³/mol. The maximum atomic E-state index is 13.7. The normalized spacial score (nSPS) is 14.8. The van der Waals surface area contributed by atoms with Gasteiger partial charge in [-0.25, -0.2) is 8.78 Å². The maximum Gasteiger partial charge on any atom is 0.148 e. The number of nitrogens with zero attached hydrogens (tertiary/aromatic N) is 2. The first-order valence-corrected chi connectivity index (χ1v) is 5.89. The summed E-state index contributed by atoms with van der Waals surface area (Å²) in [6.45, 7) is 0. The summed E-state index contributed by atoms with van der Waals surface area (Å²) in [6, 6.07) is 5.85. The minimum absolute atomic E-state index is 0.357. The molecule has 1 aliphatic carbocycles. The fraction of sp³-hybridized carbons (Fsp3) is 0.308. The monoisotopic (exact) mass is 249 g/mol. The average Bonchev–Trinajstić information content (AvgIpc) is 3.03. The van der Waals surface area contributed by atoms with Gasteiger partial charge in [0.15, 0.2) is 0 Å². The summed E-state index contributed by atoms with van der Waals surface area (Å²) < 4.78 is 28.2. The Morgan fingerprint density at radius 2 is 2.06 bits per heavy atom. The first-order chi connectivity index (χ1) is 8.63. The third kappa shape index (κ3) is 2.08. The van der Waals surface area contributed by atoms with Crippen LogP contribution < -0.4 is 5.32 Å². The Balaban J connectivity index is 1.96. The molecular weight excluding hydrogens is 236 g/mol. The first-order valence-electron chi connectivity index (χ1n) is 5.89. The summed E-state index contributed by atoms with van der Waals surface area (Å²) in [5.41, 5.74) is 0.992. The van der Waals surface area contributed by atoms with E-state index in [1.807, 2.05) is 0 Å². The van der Waals surface area contributed by atoms with Crippen LogP contribution >= 0.6 is 0 Å². The molecule has 1 aromatic carbocycles. The highest BCUT2D eigenvalue weighted by Crippen LogP contribution is 2.28. The topological polar surface area (TPSA) is 29.9 Å². The molecule has 5 heteroatoms. The molecule has 1 saturated carbocycles. The molecule has 18 heavy (non-hydrogen) atoms. The third-order valence-corrected chi connectivity index (χ3v) is 3.02. The Kier molecular flexibility index (Phi) is 2.54. The van der Waals surface area contributed by atoms with Crippen molar-refractivity contribution < 1.29 is 8.78 Å². The Morgan fingerprint density at radius 3 is 2.72 bits per heavy atom. The van der Waals surface area contributed by atoms with Crippen LogP contribution in [0.4, 0.5) is 14.6 Å². The van der Waals surface area contributed by atoms with Crippen LogP contribution in [0.2, 0.25) is 0 Å². The van der Waals surface area contributed by atoms with Crippen molar-refractivity contribution in [3.63, 3.8) is 0 Å². The lowest BCUT2D eigenvalue weighted by atomic mass is 10.1. The van der Waals surface area contributed by atoms with Gasteiger partial charge in [0.2, 0.25) is 0 Å². The van der Waals surface area contributed by atoms with Gasteiger partial charge >= 0.3 is 0 Å². The van der Waals surface area contributed by atoms with Gasteiger partial charge in [0.25, 0.3) is 0 Å². The lowest BCUT2D eigenvalue weighted by molar-refractivity contribution is 0.584. The first kappa shape index (κ1) is 11.2. The standard InChI is InChI=1S/C13H13F2N3/c1-18-12(7-13(17-18)16-9-3-4-9)10-5-2-8(14)6-11(10)15/h2,5-7,9H,3-4H2,1H3,(H,16,17). The molecule has 0 atom stereocenters. The fourth-order valence-electron chi connectivity index (χ4n) is 1.92. The molecule has 3 rings (SSSR count). The Labute approximate surface area is 103 Å². The van der Waals surface area contributed by atoms with Crippen molar-refractivity contribution in [1.82, 2.24) is 9.78 Å². The molecule has 1 N–H and O–H groups in total. The number of benzene rings is 1. The molecule has 0 spiro atoms. The summed E-state index contributed by atoms with van der Waals surface area (Å²) >= 11 is 0. The van der Waals surface area contributed by atoms with Crippen LogP contribution in [0.3, 0.4) is 0 Å². The molecule has 0 aliphatic heterocycles. The highest BCUT2D eigenvalue weighted by molar-refractivity contribution is 5.64. The summed E-state index contributed by atoms with van der Waals surface area (Å²) in [5.74, 6) is -0.413. The van der Waals surface area contributed by atoms with Gasteiger partial charge in [-0.2, -0.15) is 5.10 Å². The van der Waals surface area contributed by atoms with Crippen LogP contribution in [-0.4, -0.2) is 15.8 Å². The van der Waals surface area contributed by atoms with E-state index < -0.39 is 11.6 Å². The van der Waals surface area contributed by atoms with E-state index in [-0.39, 0.29) is 0 Å². The lowest BCUT2D eigenvalue weighted by Crippen LogP contribution is -2.02. The molecule has 0 bridgehead atoms. The van der Waals surface area contributed by atoms with Crippen molar-refractivity contribution in [3.05, 3.63) is 35.9 Å². The van der Waals surface area contributed by atoms with Crippen LogP contribution in [0.15, 0.2) is 24.3 Å². The summed E-state index contributed by atoms with van der Waals surface area (Å²) in [7, 11) is 1.75. The summed E-state index contributed by atoms with van der Waals surface area (Å²) in [6.07, 6.45) is 2.30. The predicted octanol–water partition coefficient (Wildman–Crippen LogP) is 2.94. The number of hydrogen-bond donors (Lipinski definition) is 1. The molecule has 3 nitrogen and oxygen atoms in total. The highest BCUT2D eigenvalue weighted by Gasteiger charge is 2.22. The van der Waals surface area contributed by atoms with Gasteiger partial charge in [0, 0.05) is 30.8 Å². The Bertz CT molecular complexity index is 588. The Hall–Kier alpha value is -1.91. The molecule has 1 heterocycles. The second kappa shape index (κ2) is 4.08. The quantitative estimate of drug-likeness (QED) is 0.906. The van der Waals surface area contributed by atoms with E-state index in [9.17, 15) is 8.78 Å². The van der Waals surface area contributed by atoms with Crippen LogP contribution in [0.5, 0.6) is 0 Å². The largest absolute Gasteiger partial charge is 0.366 e. The van der Waals surface area contributed by atoms with Crippen LogP contribution in [0.1, 0.15) is 12.8 Å². The number of aryl methyl sites for hydroxylation is 1. The molecule has 2 aromatic rings. The molecular formula is C13H13F2N3. The zero-order chi connectivity index (χ0) is 12.7. The fourth-order valence-corrected chi connectivity index (χ4v) is 1.92. The number of halogens is 2. The van der Waals surface area contributed by atoms with Gasteiger partial charge in [0.05, 0.1) is 5.69 Å². The minimum atomic E-state index is -0.574. The zero-order valence-corrected chi connectivity index (χ0v) is 9.95. The van der Waals surface area contributed by atoms with Crippen LogP contribution in [0, 0.1) is 11.6 Å². The van der Waals surface area contributed by atoms with Gasteiger partial charge in [0.1, 0.15) is 17.5 Å². The van der Waals surface area contributed by atoms with Gasteiger partial charge in [-0.3, -0.25) is 4.68 Å². The van der Waals surface area contributed by atoms with Gasteiger partial charge in [-0.05, 0) is 25.0 Å². The molecule has 0 unspecified atom stereocenters. The average molecular weight is 249 g/mol. The van der Waals surface area contributed by atoms with Crippen molar-refractivity contribution in [2.45, 2.75) is 18.9 Å². The number of anilines is 1. The lowest BCUT2D eigenvalue weighted by Gasteiger charge is -2.02. The second-order valence-electron chi connectivity index (χ2n) is 4.58. The van der Waals surface area contributed by atoms with Crippen LogP contribution in [-0.2, 0) is 7.05 Å². The van der Waals surface area contributed by atoms with E-state index >= 15 is 0 Å². The number of nitrogens with one attached hydrogen (secondary N) is 1. The van der Waals surface area contributed by atoms with Crippen molar-refractivity contribution in [1.29, 1.82) is 0 Å². The van der Waals surface area contributed by atoms with Gasteiger partial charge in [-0.1, -0.05) is 0 Å². The summed E-state index contributed by atoms with van der Waals surface area (Å²) in [5, 5.41) is 7.53. The van der Waals surface area contributed by atoms with E-state index in [2.05, 4.69) is 10.4 Å². The molecule has 0 radical (unpaired) electrons. The molecule has 1 fully saturated rings. The molecule has 0 saturated heterocycles. The third-order valence-electron chi connectivity index (χ3n) is 3.02. The van der Waals surface area contributed by atoms with Gasteiger partial charge in [-0.15, -0.1) is 0 Å². The number of aromatic nitrogens is 2. The van der Waals surface area contributed by atoms with E-state index in [4.69, 9.17) is 0 Å². The van der Waals surface area contributed by atoms with E-state index in [0.29, 0.717) is 17.3 Å². The smallest absolute Gasteiger partial charge is 0.148 e. The van der Waals surface area contributed by atoms with Gasteiger partial charge < -0.3 is 5.32 Å². The van der Waals surface area contributed by atoms with Crippen molar-refractivity contribution in [2.75, 3.05) is 5.32 Å². The van der Waals surface area contributed by atoms with Crippen LogP contribution in [0.25, 0.3) is 11.3 Å². The SMILES string of the molecule is Cn1nc(NC2CC2)cc1-c1ccc(F)cc1F. The minimum Gasteiger partial charge on any atom is -0.366 e. The van der Waals surface area contributed by atoms with Crippen molar-refractivity contribution >= 4 is 5.82 Å². The second-order valence-corrected chi connectivity index (χ2v) is 4.58. The maximum absolute atomic E-state index is 13.7. The number of rotatable bonds is 3. The van der Waals surface area contributed by atoms with E-state index in [1.54, 1.807) is 17.8 Å². The molecule has 0 amide bonds. The summed E-state index contributed by atoms with van der Waals surface area (Å²) in [4.78, 5) is 0. The van der Waals surface area contributed by atoms with Crippen molar-refractivity contribution in [2.24, 2.45) is 7.05 Å². The van der Waals surface area contributed by atoms with E-state index in [0.717, 1.165) is 24.7 Å². The van der Waals surface area contributed by atoms with Crippen molar-refractivity contribution in [3.8, 4) is 11.3 Å². The Morgan fingerprint density at radius 1 is 1.28 bits per heavy atom. The highest BCUT2D eigenvalue weighted by atomic mass is 19.1.